The highest BCUT2D eigenvalue weighted by Gasteiger charge is 2.26. The van der Waals surface area contributed by atoms with Crippen LogP contribution in [0.4, 0.5) is 5.00 Å². The molecule has 2 aromatic heterocycles. The number of benzene rings is 1. The van der Waals surface area contributed by atoms with E-state index >= 15 is 0 Å². The second-order valence-electron chi connectivity index (χ2n) is 8.75. The number of thioether (sulfide) groups is 1. The van der Waals surface area contributed by atoms with Crippen LogP contribution < -0.4 is 15.8 Å². The van der Waals surface area contributed by atoms with Gasteiger partial charge in [-0.3, -0.25) is 9.59 Å². The molecule has 0 bridgehead atoms. The lowest BCUT2D eigenvalue weighted by atomic mass is 10.0. The molecule has 3 rings (SSSR count). The molecule has 38 heavy (non-hydrogen) atoms. The van der Waals surface area contributed by atoms with E-state index < -0.39 is 11.9 Å². The summed E-state index contributed by atoms with van der Waals surface area (Å²) in [6.07, 6.45) is -0.357. The Morgan fingerprint density at radius 2 is 1.82 bits per heavy atom. The highest BCUT2D eigenvalue weighted by Crippen LogP contribution is 2.34. The van der Waals surface area contributed by atoms with Crippen LogP contribution in [0, 0.1) is 6.92 Å². The van der Waals surface area contributed by atoms with Gasteiger partial charge in [-0.25, -0.2) is 4.79 Å². The fraction of sp³-hybridized carbons (Fsp3) is 0.423. The summed E-state index contributed by atoms with van der Waals surface area (Å²) in [5.74, 6) is 0.151. The number of anilines is 1. The highest BCUT2D eigenvalue weighted by atomic mass is 32.2. The maximum absolute atomic E-state index is 12.8. The van der Waals surface area contributed by atoms with Crippen LogP contribution in [0.1, 0.15) is 83.6 Å². The zero-order valence-corrected chi connectivity index (χ0v) is 24.0. The fourth-order valence-corrected chi connectivity index (χ4v) is 5.64. The van der Waals surface area contributed by atoms with E-state index in [9.17, 15) is 14.4 Å². The average Bonchev–Trinajstić information content (AvgIpc) is 3.43. The molecular formula is C26H33N5O5S2. The molecule has 204 valence electrons. The molecule has 0 saturated heterocycles. The van der Waals surface area contributed by atoms with Crippen molar-refractivity contribution in [3.05, 3.63) is 51.7 Å². The molecule has 2 heterocycles. The van der Waals surface area contributed by atoms with Gasteiger partial charge in [-0.05, 0) is 56.9 Å². The van der Waals surface area contributed by atoms with Crippen molar-refractivity contribution < 1.29 is 23.9 Å². The predicted octanol–water partition coefficient (Wildman–Crippen LogP) is 4.94. The SMILES string of the molecule is CCOC(=O)c1c(NC(=O)CSc2nnc(C(C)Oc3ccc(C(C)C)cc3)n2CC)sc(C(N)=O)c1C. The van der Waals surface area contributed by atoms with Gasteiger partial charge < -0.3 is 25.1 Å². The Balaban J connectivity index is 1.69. The number of amides is 2. The molecule has 0 aliphatic heterocycles. The predicted molar refractivity (Wildman–Crippen MR) is 148 cm³/mol. The number of carbonyl (C=O) groups is 3. The van der Waals surface area contributed by atoms with Crippen molar-refractivity contribution in [3.63, 3.8) is 0 Å². The maximum atomic E-state index is 12.8. The van der Waals surface area contributed by atoms with E-state index in [0.717, 1.165) is 17.1 Å². The smallest absolute Gasteiger partial charge is 0.341 e. The van der Waals surface area contributed by atoms with Crippen LogP contribution in [0.5, 0.6) is 5.75 Å². The van der Waals surface area contributed by atoms with E-state index in [-0.39, 0.29) is 39.8 Å². The molecule has 0 aliphatic carbocycles. The minimum Gasteiger partial charge on any atom is -0.483 e. The van der Waals surface area contributed by atoms with Crippen molar-refractivity contribution in [2.75, 3.05) is 17.7 Å². The number of nitrogens with two attached hydrogens (primary N) is 1. The van der Waals surface area contributed by atoms with Gasteiger partial charge in [0, 0.05) is 6.54 Å². The lowest BCUT2D eigenvalue weighted by Gasteiger charge is -2.16. The van der Waals surface area contributed by atoms with Crippen molar-refractivity contribution in [3.8, 4) is 5.75 Å². The Hall–Kier alpha value is -3.38. The van der Waals surface area contributed by atoms with Crippen molar-refractivity contribution in [2.24, 2.45) is 5.73 Å². The summed E-state index contributed by atoms with van der Waals surface area (Å²) < 4.78 is 13.1. The van der Waals surface area contributed by atoms with Crippen LogP contribution in [-0.2, 0) is 16.1 Å². The van der Waals surface area contributed by atoms with E-state index in [1.54, 1.807) is 13.8 Å². The Kier molecular flexibility index (Phi) is 9.92. The first-order valence-electron chi connectivity index (χ1n) is 12.3. The van der Waals surface area contributed by atoms with Gasteiger partial charge in [0.05, 0.1) is 22.8 Å². The molecule has 1 atom stereocenters. The number of hydrogen-bond donors (Lipinski definition) is 2. The first kappa shape index (κ1) is 29.2. The summed E-state index contributed by atoms with van der Waals surface area (Å²) in [7, 11) is 0. The second-order valence-corrected chi connectivity index (χ2v) is 10.7. The van der Waals surface area contributed by atoms with E-state index in [0.29, 0.717) is 29.0 Å². The normalized spacial score (nSPS) is 11.9. The van der Waals surface area contributed by atoms with Crippen LogP contribution >= 0.6 is 23.1 Å². The van der Waals surface area contributed by atoms with Gasteiger partial charge in [0.2, 0.25) is 5.91 Å². The Labute approximate surface area is 230 Å². The standard InChI is InChI=1S/C26H33N5O5S2/c1-7-31-23(16(6)36-18-11-9-17(10-12-18)14(3)4)29-30-26(31)37-13-19(32)28-24-20(25(34)35-8-2)15(5)21(38-24)22(27)33/h9-12,14,16H,7-8,13H2,1-6H3,(H2,27,33)(H,28,32). The number of esters is 1. The Bertz CT molecular complexity index is 1300. The molecule has 0 spiro atoms. The molecule has 3 aromatic rings. The molecule has 3 N–H and O–H groups in total. The number of ether oxygens (including phenoxy) is 2. The first-order chi connectivity index (χ1) is 18.1. The number of aromatic nitrogens is 3. The molecule has 10 nitrogen and oxygen atoms in total. The highest BCUT2D eigenvalue weighted by molar-refractivity contribution is 7.99. The number of hydrogen-bond acceptors (Lipinski definition) is 9. The topological polar surface area (TPSA) is 138 Å². The summed E-state index contributed by atoms with van der Waals surface area (Å²) in [6.45, 7) is 12.2. The largest absolute Gasteiger partial charge is 0.483 e. The third kappa shape index (κ3) is 6.73. The third-order valence-electron chi connectivity index (χ3n) is 5.72. The zero-order valence-electron chi connectivity index (χ0n) is 22.4. The number of rotatable bonds is 12. The number of nitrogens with zero attached hydrogens (tertiary/aromatic N) is 3. The molecule has 0 saturated carbocycles. The monoisotopic (exact) mass is 559 g/mol. The molecule has 12 heteroatoms. The van der Waals surface area contributed by atoms with Crippen molar-refractivity contribution in [2.45, 2.75) is 65.3 Å². The van der Waals surface area contributed by atoms with Gasteiger partial charge >= 0.3 is 5.97 Å². The molecule has 0 radical (unpaired) electrons. The van der Waals surface area contributed by atoms with E-state index in [1.165, 1.54) is 17.3 Å². The van der Waals surface area contributed by atoms with Crippen LogP contribution in [0.3, 0.4) is 0 Å². The van der Waals surface area contributed by atoms with Gasteiger partial charge in [0.1, 0.15) is 10.8 Å². The number of carbonyl (C=O) groups excluding carboxylic acids is 3. The van der Waals surface area contributed by atoms with E-state index in [2.05, 4.69) is 29.4 Å². The minimum atomic E-state index is -0.677. The summed E-state index contributed by atoms with van der Waals surface area (Å²) in [6, 6.07) is 7.98. The lowest BCUT2D eigenvalue weighted by molar-refractivity contribution is -0.113. The van der Waals surface area contributed by atoms with Gasteiger partial charge in [-0.15, -0.1) is 21.5 Å². The van der Waals surface area contributed by atoms with Gasteiger partial charge in [-0.1, -0.05) is 37.7 Å². The molecule has 1 aromatic carbocycles. The van der Waals surface area contributed by atoms with Gasteiger partial charge in [0.25, 0.3) is 5.91 Å². The van der Waals surface area contributed by atoms with Crippen LogP contribution in [0.15, 0.2) is 29.4 Å². The molecule has 1 unspecified atom stereocenters. The third-order valence-corrected chi connectivity index (χ3v) is 7.91. The average molecular weight is 560 g/mol. The minimum absolute atomic E-state index is 0.00908. The molecule has 2 amide bonds. The Morgan fingerprint density at radius 3 is 2.39 bits per heavy atom. The van der Waals surface area contributed by atoms with Gasteiger partial charge in [0.15, 0.2) is 17.1 Å². The van der Waals surface area contributed by atoms with Crippen LogP contribution in [0.2, 0.25) is 0 Å². The number of thiophene rings is 1. The Morgan fingerprint density at radius 1 is 1.13 bits per heavy atom. The van der Waals surface area contributed by atoms with Crippen molar-refractivity contribution >= 4 is 45.9 Å². The lowest BCUT2D eigenvalue weighted by Crippen LogP contribution is -2.17. The zero-order chi connectivity index (χ0) is 28.0. The summed E-state index contributed by atoms with van der Waals surface area (Å²) >= 11 is 2.16. The van der Waals surface area contributed by atoms with E-state index in [4.69, 9.17) is 15.2 Å². The molecular weight excluding hydrogens is 526 g/mol. The van der Waals surface area contributed by atoms with Gasteiger partial charge in [-0.2, -0.15) is 0 Å². The second kappa shape index (κ2) is 12.9. The van der Waals surface area contributed by atoms with Crippen LogP contribution in [0.25, 0.3) is 0 Å². The fourth-order valence-electron chi connectivity index (χ4n) is 3.77. The number of nitrogens with one attached hydrogen (secondary N) is 1. The van der Waals surface area contributed by atoms with Crippen molar-refractivity contribution in [1.82, 2.24) is 14.8 Å². The first-order valence-corrected chi connectivity index (χ1v) is 14.1. The number of primary amides is 1. The van der Waals surface area contributed by atoms with Crippen molar-refractivity contribution in [1.29, 1.82) is 0 Å². The summed E-state index contributed by atoms with van der Waals surface area (Å²) in [5, 5.41) is 12.1. The summed E-state index contributed by atoms with van der Waals surface area (Å²) in [4.78, 5) is 37.2. The quantitative estimate of drug-likeness (QED) is 0.235. The maximum Gasteiger partial charge on any atom is 0.341 e. The van der Waals surface area contributed by atoms with E-state index in [1.807, 2.05) is 42.7 Å². The summed E-state index contributed by atoms with van der Waals surface area (Å²) in [5.41, 5.74) is 7.19. The van der Waals surface area contributed by atoms with Crippen LogP contribution in [-0.4, -0.2) is 44.9 Å². The molecule has 0 fully saturated rings. The molecule has 0 aliphatic rings.